The van der Waals surface area contributed by atoms with Crippen molar-refractivity contribution >= 4 is 5.78 Å². The Bertz CT molecular complexity index is 365. The van der Waals surface area contributed by atoms with Crippen molar-refractivity contribution in [1.29, 1.82) is 0 Å². The Kier molecular flexibility index (Phi) is 4.53. The van der Waals surface area contributed by atoms with E-state index in [1.807, 2.05) is 39.0 Å². The molecule has 0 atom stereocenters. The zero-order valence-electron chi connectivity index (χ0n) is 10.5. The first-order chi connectivity index (χ1) is 7.63. The number of ether oxygens (including phenoxy) is 1. The summed E-state index contributed by atoms with van der Waals surface area (Å²) in [4.78, 5) is 12.3. The summed E-state index contributed by atoms with van der Waals surface area (Å²) in [5.41, 5.74) is 1.81. The first-order valence-electron chi connectivity index (χ1n) is 5.82. The highest BCUT2D eigenvalue weighted by Crippen LogP contribution is 2.25. The second kappa shape index (κ2) is 5.69. The fraction of sp³-hybridized carbons (Fsp3) is 0.500. The first kappa shape index (κ1) is 12.8. The molecular formula is C14H20O2. The molecule has 0 unspecified atom stereocenters. The van der Waals surface area contributed by atoms with Crippen molar-refractivity contribution in [3.63, 3.8) is 0 Å². The number of rotatable bonds is 5. The summed E-state index contributed by atoms with van der Waals surface area (Å²) < 4.78 is 5.24. The van der Waals surface area contributed by atoms with Crippen LogP contribution in [0.2, 0.25) is 0 Å². The number of hydrogen-bond acceptors (Lipinski definition) is 2. The highest BCUT2D eigenvalue weighted by molar-refractivity contribution is 6.00. The molecule has 0 bridgehead atoms. The van der Waals surface area contributed by atoms with Crippen molar-refractivity contribution in [3.8, 4) is 5.75 Å². The van der Waals surface area contributed by atoms with Crippen molar-refractivity contribution in [3.05, 3.63) is 29.3 Å². The van der Waals surface area contributed by atoms with Gasteiger partial charge in [-0.1, -0.05) is 25.5 Å². The summed E-state index contributed by atoms with van der Waals surface area (Å²) in [5.74, 6) is 0.990. The monoisotopic (exact) mass is 220 g/mol. The molecule has 0 heterocycles. The van der Waals surface area contributed by atoms with Crippen LogP contribution in [0.25, 0.3) is 0 Å². The lowest BCUT2D eigenvalue weighted by Crippen LogP contribution is -2.14. The number of benzene rings is 1. The van der Waals surface area contributed by atoms with Crippen LogP contribution in [-0.2, 0) is 0 Å². The molecule has 0 amide bonds. The molecule has 0 aliphatic rings. The van der Waals surface area contributed by atoms with Gasteiger partial charge in [-0.05, 0) is 31.9 Å². The highest BCUT2D eigenvalue weighted by atomic mass is 16.5. The van der Waals surface area contributed by atoms with Crippen LogP contribution >= 0.6 is 0 Å². The lowest BCUT2D eigenvalue weighted by molar-refractivity contribution is 0.0910. The number of ketones is 1. The van der Waals surface area contributed by atoms with Gasteiger partial charge in [0.25, 0.3) is 0 Å². The van der Waals surface area contributed by atoms with Crippen LogP contribution in [0.3, 0.4) is 0 Å². The van der Waals surface area contributed by atoms with Crippen molar-refractivity contribution < 1.29 is 9.53 Å². The fourth-order valence-corrected chi connectivity index (χ4v) is 1.89. The minimum Gasteiger partial charge on any atom is -0.496 e. The molecule has 0 saturated carbocycles. The minimum atomic E-state index is 0.107. The van der Waals surface area contributed by atoms with Crippen molar-refractivity contribution in [1.82, 2.24) is 0 Å². The summed E-state index contributed by atoms with van der Waals surface area (Å²) in [7, 11) is 1.61. The molecule has 0 saturated heterocycles. The predicted molar refractivity (Wildman–Crippen MR) is 66.1 cm³/mol. The van der Waals surface area contributed by atoms with Crippen LogP contribution in [0.4, 0.5) is 0 Å². The smallest absolute Gasteiger partial charge is 0.169 e. The van der Waals surface area contributed by atoms with Gasteiger partial charge in [0.05, 0.1) is 12.7 Å². The summed E-state index contributed by atoms with van der Waals surface area (Å²) >= 11 is 0. The van der Waals surface area contributed by atoms with Crippen LogP contribution in [-0.4, -0.2) is 12.9 Å². The molecule has 16 heavy (non-hydrogen) atoms. The molecule has 0 fully saturated rings. The average molecular weight is 220 g/mol. The molecule has 0 aliphatic carbocycles. The van der Waals surface area contributed by atoms with Gasteiger partial charge in [-0.15, -0.1) is 0 Å². The number of hydrogen-bond donors (Lipinski definition) is 0. The van der Waals surface area contributed by atoms with Gasteiger partial charge in [-0.3, -0.25) is 4.79 Å². The van der Waals surface area contributed by atoms with Crippen LogP contribution in [0.15, 0.2) is 18.2 Å². The molecular weight excluding hydrogens is 200 g/mol. The largest absolute Gasteiger partial charge is 0.496 e. The van der Waals surface area contributed by atoms with Crippen LogP contribution in [0, 0.1) is 12.8 Å². The topological polar surface area (TPSA) is 26.3 Å². The van der Waals surface area contributed by atoms with Gasteiger partial charge in [0, 0.05) is 5.92 Å². The Morgan fingerprint density at radius 1 is 1.31 bits per heavy atom. The molecule has 0 spiro atoms. The number of methoxy groups -OCH3 is 1. The normalized spacial score (nSPS) is 10.6. The Morgan fingerprint density at radius 3 is 2.44 bits per heavy atom. The SMILES string of the molecule is CCC(CC)C(=O)c1cc(C)ccc1OC. The summed E-state index contributed by atoms with van der Waals surface area (Å²) in [5, 5.41) is 0. The fourth-order valence-electron chi connectivity index (χ4n) is 1.89. The summed E-state index contributed by atoms with van der Waals surface area (Å²) in [6, 6.07) is 5.74. The Morgan fingerprint density at radius 2 is 1.94 bits per heavy atom. The summed E-state index contributed by atoms with van der Waals surface area (Å²) in [6.45, 7) is 6.09. The predicted octanol–water partition coefficient (Wildman–Crippen LogP) is 3.62. The van der Waals surface area contributed by atoms with E-state index in [0.29, 0.717) is 5.75 Å². The van der Waals surface area contributed by atoms with Gasteiger partial charge in [0.1, 0.15) is 5.75 Å². The molecule has 88 valence electrons. The van der Waals surface area contributed by atoms with Gasteiger partial charge in [-0.25, -0.2) is 0 Å². The summed E-state index contributed by atoms with van der Waals surface area (Å²) in [6.07, 6.45) is 1.76. The van der Waals surface area contributed by atoms with E-state index in [0.717, 1.165) is 24.0 Å². The molecule has 2 heteroatoms. The third-order valence-electron chi connectivity index (χ3n) is 2.98. The Balaban J connectivity index is 3.10. The van der Waals surface area contributed by atoms with E-state index in [-0.39, 0.29) is 11.7 Å². The standard InChI is InChI=1S/C14H20O2/c1-5-11(6-2)14(15)12-9-10(3)7-8-13(12)16-4/h7-9,11H,5-6H2,1-4H3. The maximum absolute atomic E-state index is 12.3. The van der Waals surface area contributed by atoms with Crippen molar-refractivity contribution in [2.75, 3.05) is 7.11 Å². The molecule has 0 aromatic heterocycles. The van der Waals surface area contributed by atoms with Crippen molar-refractivity contribution in [2.24, 2.45) is 5.92 Å². The van der Waals surface area contributed by atoms with E-state index >= 15 is 0 Å². The van der Waals surface area contributed by atoms with E-state index in [1.54, 1.807) is 7.11 Å². The van der Waals surface area contributed by atoms with Crippen LogP contribution < -0.4 is 4.74 Å². The zero-order chi connectivity index (χ0) is 12.1. The number of carbonyl (C=O) groups excluding carboxylic acids is 1. The van der Waals surface area contributed by atoms with Gasteiger partial charge >= 0.3 is 0 Å². The maximum Gasteiger partial charge on any atom is 0.169 e. The van der Waals surface area contributed by atoms with Gasteiger partial charge < -0.3 is 4.74 Å². The van der Waals surface area contributed by atoms with Gasteiger partial charge in [-0.2, -0.15) is 0 Å². The molecule has 1 aromatic carbocycles. The van der Waals surface area contributed by atoms with E-state index in [9.17, 15) is 4.79 Å². The third kappa shape index (κ3) is 2.63. The van der Waals surface area contributed by atoms with E-state index in [1.165, 1.54) is 0 Å². The minimum absolute atomic E-state index is 0.107. The van der Waals surface area contributed by atoms with E-state index < -0.39 is 0 Å². The number of aryl methyl sites for hydroxylation is 1. The Hall–Kier alpha value is -1.31. The van der Waals surface area contributed by atoms with Crippen LogP contribution in [0.1, 0.15) is 42.6 Å². The lowest BCUT2D eigenvalue weighted by Gasteiger charge is -2.14. The molecule has 1 rings (SSSR count). The lowest BCUT2D eigenvalue weighted by atomic mass is 9.92. The van der Waals surface area contributed by atoms with E-state index in [2.05, 4.69) is 0 Å². The van der Waals surface area contributed by atoms with Gasteiger partial charge in [0.15, 0.2) is 5.78 Å². The van der Waals surface area contributed by atoms with Crippen LogP contribution in [0.5, 0.6) is 5.75 Å². The second-order valence-electron chi connectivity index (χ2n) is 4.08. The quantitative estimate of drug-likeness (QED) is 0.708. The number of Topliss-reactive ketones (excluding diaryl/α,β-unsaturated/α-hetero) is 1. The molecule has 1 aromatic rings. The Labute approximate surface area is 97.6 Å². The van der Waals surface area contributed by atoms with Gasteiger partial charge in [0.2, 0.25) is 0 Å². The third-order valence-corrected chi connectivity index (χ3v) is 2.98. The molecule has 2 nitrogen and oxygen atoms in total. The first-order valence-corrected chi connectivity index (χ1v) is 5.82. The molecule has 0 aliphatic heterocycles. The van der Waals surface area contributed by atoms with E-state index in [4.69, 9.17) is 4.74 Å². The maximum atomic E-state index is 12.3. The van der Waals surface area contributed by atoms with Crippen molar-refractivity contribution in [2.45, 2.75) is 33.6 Å². The number of carbonyl (C=O) groups is 1. The highest BCUT2D eigenvalue weighted by Gasteiger charge is 2.19. The second-order valence-corrected chi connectivity index (χ2v) is 4.08. The zero-order valence-corrected chi connectivity index (χ0v) is 10.5. The molecule has 0 radical (unpaired) electrons. The molecule has 0 N–H and O–H groups in total. The average Bonchev–Trinajstić information content (AvgIpc) is 2.30.